The van der Waals surface area contributed by atoms with Crippen LogP contribution < -0.4 is 0 Å². The summed E-state index contributed by atoms with van der Waals surface area (Å²) in [5.74, 6) is -5.59. The Labute approximate surface area is 276 Å². The van der Waals surface area contributed by atoms with Gasteiger partial charge in [-0.05, 0) is 0 Å². The van der Waals surface area contributed by atoms with E-state index in [9.17, 15) is 33.6 Å². The Morgan fingerprint density at radius 3 is 1.35 bits per heavy atom. The lowest BCUT2D eigenvalue weighted by Gasteiger charge is -2.48. The first-order valence-electron chi connectivity index (χ1n) is 13.8. The van der Waals surface area contributed by atoms with Crippen molar-refractivity contribution in [2.75, 3.05) is 17.9 Å². The van der Waals surface area contributed by atoms with E-state index in [1.54, 1.807) is 0 Å². The highest BCUT2D eigenvalue weighted by Gasteiger charge is 2.57. The predicted molar refractivity (Wildman–Crippen MR) is 155 cm³/mol. The van der Waals surface area contributed by atoms with Gasteiger partial charge in [0.2, 0.25) is 0 Å². The maximum Gasteiger partial charge on any atom is 0.303 e. The minimum Gasteiger partial charge on any atom is -0.463 e. The van der Waals surface area contributed by atoms with E-state index in [1.165, 1.54) is 0 Å². The zero-order chi connectivity index (χ0) is 34.7. The predicted octanol–water partition coefficient (Wildman–Crippen LogP) is 0.692. The van der Waals surface area contributed by atoms with Crippen molar-refractivity contribution in [3.63, 3.8) is 0 Å². The summed E-state index contributed by atoms with van der Waals surface area (Å²) in [4.78, 5) is 84.5. The summed E-state index contributed by atoms with van der Waals surface area (Å²) >= 11 is 4.40. The Morgan fingerprint density at radius 1 is 0.522 bits per heavy atom. The number of rotatable bonds is 13. The lowest BCUT2D eigenvalue weighted by Crippen LogP contribution is -2.66. The van der Waals surface area contributed by atoms with Crippen LogP contribution in [-0.4, -0.2) is 120 Å². The Hall–Kier alpha value is -3.00. The summed E-state index contributed by atoms with van der Waals surface area (Å²) in [5, 5.41) is 0. The molecule has 0 bridgehead atoms. The molecular weight excluding hydrogens is 708 g/mol. The number of halogens is 1. The van der Waals surface area contributed by atoms with E-state index >= 15 is 0 Å². The smallest absolute Gasteiger partial charge is 0.303 e. The van der Waals surface area contributed by atoms with Crippen LogP contribution in [0, 0.1) is 0 Å². The van der Waals surface area contributed by atoms with E-state index in [0.29, 0.717) is 0 Å². The van der Waals surface area contributed by atoms with Gasteiger partial charge in [-0.2, -0.15) is 0 Å². The summed E-state index contributed by atoms with van der Waals surface area (Å²) in [5.41, 5.74) is -0.969. The third kappa shape index (κ3) is 12.0. The number of ether oxygens (including phenoxy) is 10. The van der Waals surface area contributed by atoms with Crippen LogP contribution in [0.15, 0.2) is 0 Å². The third-order valence-electron chi connectivity index (χ3n) is 6.11. The van der Waals surface area contributed by atoms with Gasteiger partial charge in [-0.15, -0.1) is 11.8 Å². The Balaban J connectivity index is 2.70. The maximum atomic E-state index is 12.3. The molecule has 0 aliphatic carbocycles. The van der Waals surface area contributed by atoms with E-state index in [1.807, 2.05) is 0 Å². The second-order valence-electron chi connectivity index (χ2n) is 9.94. The number of hydrogen-bond acceptors (Lipinski definition) is 18. The molecule has 0 aromatic rings. The average molecular weight is 746 g/mol. The van der Waals surface area contributed by atoms with Gasteiger partial charge >= 0.3 is 41.8 Å². The van der Waals surface area contributed by atoms with Crippen molar-refractivity contribution >= 4 is 69.5 Å². The molecule has 0 spiro atoms. The van der Waals surface area contributed by atoms with Crippen LogP contribution in [0.25, 0.3) is 0 Å². The summed E-state index contributed by atoms with van der Waals surface area (Å²) in [7, 11) is 0. The number of carbonyl (C=O) groups excluding carboxylic acids is 7. The molecule has 0 amide bonds. The fourth-order valence-corrected chi connectivity index (χ4v) is 6.20. The van der Waals surface area contributed by atoms with Crippen molar-refractivity contribution < 1.29 is 80.9 Å². The first kappa shape index (κ1) is 39.2. The summed E-state index contributed by atoms with van der Waals surface area (Å²) < 4.78 is 56.3. The molecular formula is C27H37BrO17S. The van der Waals surface area contributed by atoms with Gasteiger partial charge in [0, 0.05) is 48.5 Å². The molecule has 46 heavy (non-hydrogen) atoms. The van der Waals surface area contributed by atoms with E-state index in [4.69, 9.17) is 47.4 Å². The van der Waals surface area contributed by atoms with Crippen LogP contribution in [-0.2, 0) is 80.9 Å². The fourth-order valence-electron chi connectivity index (χ4n) is 4.67. The number of esters is 7. The second-order valence-corrected chi connectivity index (χ2v) is 12.3. The molecule has 10 atom stereocenters. The van der Waals surface area contributed by atoms with Crippen LogP contribution in [0.5, 0.6) is 0 Å². The molecule has 2 fully saturated rings. The van der Waals surface area contributed by atoms with E-state index in [-0.39, 0.29) is 4.66 Å². The molecule has 260 valence electrons. The first-order valence-corrected chi connectivity index (χ1v) is 16.0. The molecule has 0 saturated carbocycles. The minimum absolute atomic E-state index is 0.285. The van der Waals surface area contributed by atoms with Gasteiger partial charge in [-0.25, -0.2) is 0 Å². The minimum atomic E-state index is -1.73. The van der Waals surface area contributed by atoms with E-state index in [0.717, 1.165) is 60.2 Å². The lowest BCUT2D eigenvalue weighted by atomic mass is 9.96. The van der Waals surface area contributed by atoms with Gasteiger partial charge in [0.1, 0.15) is 37.0 Å². The number of alkyl halides is 1. The molecule has 0 N–H and O–H groups in total. The van der Waals surface area contributed by atoms with Gasteiger partial charge in [0.05, 0.1) is 4.66 Å². The highest BCUT2D eigenvalue weighted by Crippen LogP contribution is 2.38. The third-order valence-corrected chi connectivity index (χ3v) is 7.74. The summed E-state index contributed by atoms with van der Waals surface area (Å²) in [6.07, 6.45) is -13.2. The zero-order valence-electron chi connectivity index (χ0n) is 26.1. The molecule has 2 rings (SSSR count). The van der Waals surface area contributed by atoms with Gasteiger partial charge in [0.25, 0.3) is 0 Å². The molecule has 0 unspecified atom stereocenters. The highest BCUT2D eigenvalue weighted by atomic mass is 79.9. The molecule has 2 aliphatic heterocycles. The maximum absolute atomic E-state index is 12.3. The first-order chi connectivity index (χ1) is 21.5. The van der Waals surface area contributed by atoms with Crippen molar-refractivity contribution in [1.82, 2.24) is 0 Å². The van der Waals surface area contributed by atoms with Gasteiger partial charge < -0.3 is 47.4 Å². The van der Waals surface area contributed by atoms with Crippen molar-refractivity contribution in [2.45, 2.75) is 109 Å². The molecule has 0 radical (unpaired) electrons. The monoisotopic (exact) mass is 744 g/mol. The fraction of sp³-hybridized carbons (Fsp3) is 0.741. The molecule has 0 aromatic heterocycles. The molecule has 17 nitrogen and oxygen atoms in total. The number of thioether (sulfide) groups is 1. The van der Waals surface area contributed by atoms with Crippen molar-refractivity contribution in [3.8, 4) is 0 Å². The topological polar surface area (TPSA) is 212 Å². The number of hydrogen-bond donors (Lipinski definition) is 0. The average Bonchev–Trinajstić information content (AvgIpc) is 2.91. The van der Waals surface area contributed by atoms with Gasteiger partial charge in [0.15, 0.2) is 36.8 Å². The standard InChI is InChI=1S/C27H37BrO17S/c1-11(29)36-8-18-20(38-13(3)31)22(39-14(4)32)24(41-16(6)34)26(43-18)45-21-19(9-37-12(2)30)44-27(46-10-28)25(42-17(7)35)23(21)40-15(5)33/h18-27H,8-10H2,1-7H3/t18-,19-,20-,21-,22+,23+,24-,25-,26+,27+/m1/s1. The largest absolute Gasteiger partial charge is 0.463 e. The molecule has 2 saturated heterocycles. The second kappa shape index (κ2) is 18.4. The molecule has 0 aromatic carbocycles. The molecule has 2 heterocycles. The number of carbonyl (C=O) groups is 7. The van der Waals surface area contributed by atoms with Crippen molar-refractivity contribution in [3.05, 3.63) is 0 Å². The van der Waals surface area contributed by atoms with Crippen LogP contribution in [0.3, 0.4) is 0 Å². The SMILES string of the molecule is CC(=O)OC[C@H]1O[C@@H](SCBr)[C@H](OC(C)=O)[C@@H](OC(C)=O)[C@@H]1O[C@@H]1O[C@H](COC(C)=O)[C@@H](OC(C)=O)[C@H](OC(C)=O)[C@H]1OC(C)=O. The van der Waals surface area contributed by atoms with E-state index < -0.39 is 116 Å². The van der Waals surface area contributed by atoms with Crippen LogP contribution in [0.2, 0.25) is 0 Å². The summed E-state index contributed by atoms with van der Waals surface area (Å²) in [6.45, 7) is 6.65. The summed E-state index contributed by atoms with van der Waals surface area (Å²) in [6, 6.07) is 0. The molecule has 2 aliphatic rings. The molecule has 19 heteroatoms. The van der Waals surface area contributed by atoms with Crippen LogP contribution in [0.1, 0.15) is 48.5 Å². The zero-order valence-corrected chi connectivity index (χ0v) is 28.5. The normalized spacial score (nSPS) is 30.6. The lowest BCUT2D eigenvalue weighted by molar-refractivity contribution is -0.341. The van der Waals surface area contributed by atoms with E-state index in [2.05, 4.69) is 15.9 Å². The van der Waals surface area contributed by atoms with Crippen molar-refractivity contribution in [2.24, 2.45) is 0 Å². The highest BCUT2D eigenvalue weighted by molar-refractivity contribution is 9.11. The van der Waals surface area contributed by atoms with Gasteiger partial charge in [-0.1, -0.05) is 15.9 Å². The van der Waals surface area contributed by atoms with Crippen LogP contribution in [0.4, 0.5) is 0 Å². The Kier molecular flexibility index (Phi) is 15.6. The quantitative estimate of drug-likeness (QED) is 0.144. The van der Waals surface area contributed by atoms with Crippen LogP contribution >= 0.6 is 27.7 Å². The van der Waals surface area contributed by atoms with Gasteiger partial charge in [-0.3, -0.25) is 33.6 Å². The Bertz CT molecular complexity index is 1130. The Morgan fingerprint density at radius 2 is 0.913 bits per heavy atom. The van der Waals surface area contributed by atoms with Crippen molar-refractivity contribution in [1.29, 1.82) is 0 Å².